The van der Waals surface area contributed by atoms with Crippen LogP contribution in [0.25, 0.3) is 0 Å². The van der Waals surface area contributed by atoms with Gasteiger partial charge < -0.3 is 29.5 Å². The van der Waals surface area contributed by atoms with E-state index in [0.717, 1.165) is 11.4 Å². The average Bonchev–Trinajstić information content (AvgIpc) is 3.27. The molecule has 1 unspecified atom stereocenters. The molecule has 12 heteroatoms. The van der Waals surface area contributed by atoms with E-state index in [4.69, 9.17) is 16.3 Å². The number of nitrogens with zero attached hydrogens (tertiary/aromatic N) is 5. The topological polar surface area (TPSA) is 119 Å². The molecule has 1 aromatic carbocycles. The Hall–Kier alpha value is -2.86. The Morgan fingerprint density at radius 2 is 2.00 bits per heavy atom. The van der Waals surface area contributed by atoms with Crippen LogP contribution in [0.4, 0.5) is 15.0 Å². The van der Waals surface area contributed by atoms with Crippen LogP contribution in [0, 0.1) is 5.82 Å². The van der Waals surface area contributed by atoms with E-state index in [2.05, 4.69) is 26.7 Å². The number of hydrogen-bond acceptors (Lipinski definition) is 8. The van der Waals surface area contributed by atoms with Crippen LogP contribution in [0.2, 0.25) is 5.02 Å². The fourth-order valence-corrected chi connectivity index (χ4v) is 7.25. The van der Waals surface area contributed by atoms with Crippen molar-refractivity contribution in [3.05, 3.63) is 52.2 Å². The van der Waals surface area contributed by atoms with E-state index in [1.807, 2.05) is 0 Å². The van der Waals surface area contributed by atoms with Crippen LogP contribution in [0.3, 0.4) is 0 Å². The smallest absolute Gasteiger partial charge is 0.407 e. The molecule has 2 fully saturated rings. The summed E-state index contributed by atoms with van der Waals surface area (Å²) in [7, 11) is 1.66. The molecular formula is C29H37ClFN5O5. The minimum Gasteiger partial charge on any atom is -0.465 e. The molecule has 2 aliphatic carbocycles. The van der Waals surface area contributed by atoms with Crippen molar-refractivity contribution in [3.63, 3.8) is 0 Å². The van der Waals surface area contributed by atoms with E-state index in [0.29, 0.717) is 63.0 Å². The predicted octanol–water partition coefficient (Wildman–Crippen LogP) is 3.83. The summed E-state index contributed by atoms with van der Waals surface area (Å²) in [6.45, 7) is 4.79. The van der Waals surface area contributed by atoms with Crippen LogP contribution in [-0.4, -0.2) is 100 Å². The number of aldehydes is 1. The van der Waals surface area contributed by atoms with Gasteiger partial charge in [-0.05, 0) is 42.9 Å². The highest BCUT2D eigenvalue weighted by Crippen LogP contribution is 2.44. The minimum absolute atomic E-state index is 0.00217. The van der Waals surface area contributed by atoms with Crippen LogP contribution in [0.5, 0.6) is 0 Å². The molecule has 1 aromatic heterocycles. The number of aliphatic hydroxyl groups is 1. The van der Waals surface area contributed by atoms with Gasteiger partial charge in [0.1, 0.15) is 24.2 Å². The monoisotopic (exact) mass is 589 g/mol. The number of amides is 1. The lowest BCUT2D eigenvalue weighted by Gasteiger charge is -2.52. The van der Waals surface area contributed by atoms with Crippen LogP contribution in [-0.2, 0) is 9.53 Å². The summed E-state index contributed by atoms with van der Waals surface area (Å²) < 4.78 is 20.8. The number of aromatic nitrogens is 2. The van der Waals surface area contributed by atoms with Crippen molar-refractivity contribution >= 4 is 29.8 Å². The Bertz CT molecular complexity index is 1260. The number of carbonyl (C=O) groups is 2. The zero-order valence-electron chi connectivity index (χ0n) is 23.3. The van der Waals surface area contributed by atoms with Crippen molar-refractivity contribution in [1.82, 2.24) is 19.8 Å². The molecule has 3 aliphatic rings. The van der Waals surface area contributed by atoms with Crippen molar-refractivity contribution in [1.29, 1.82) is 0 Å². The highest BCUT2D eigenvalue weighted by molar-refractivity contribution is 6.30. The molecule has 222 valence electrons. The van der Waals surface area contributed by atoms with Crippen molar-refractivity contribution < 1.29 is 28.9 Å². The van der Waals surface area contributed by atoms with E-state index in [1.165, 1.54) is 23.4 Å². The number of carboxylic acid groups (broad SMARTS) is 1. The molecule has 1 amide bonds. The first kappa shape index (κ1) is 29.6. The first-order valence-corrected chi connectivity index (χ1v) is 14.6. The number of anilines is 1. The number of hydrogen-bond donors (Lipinski definition) is 2. The molecular weight excluding hydrogens is 553 g/mol. The van der Waals surface area contributed by atoms with E-state index < -0.39 is 30.0 Å². The normalized spacial score (nSPS) is 28.4. The first-order chi connectivity index (χ1) is 19.7. The highest BCUT2D eigenvalue weighted by atomic mass is 35.5. The van der Waals surface area contributed by atoms with Gasteiger partial charge >= 0.3 is 6.09 Å². The fraction of sp³-hybridized carbons (Fsp3) is 0.586. The van der Waals surface area contributed by atoms with Gasteiger partial charge in [-0.25, -0.2) is 19.2 Å². The van der Waals surface area contributed by atoms with Crippen molar-refractivity contribution in [2.24, 2.45) is 0 Å². The SMILES string of the molecule is CO[C@H]1CC[C@@H](N(CCC=O)C(=O)O)C(c2ccc(Cl)c(F)c2)[C@@H]1N1CCN(c2ncnc3c2[C@H](C)C[C@H]3O)CC1. The second-order valence-electron chi connectivity index (χ2n) is 11.2. The van der Waals surface area contributed by atoms with Gasteiger partial charge in [0.05, 0.1) is 22.9 Å². The number of piperazine rings is 1. The third-order valence-corrected chi connectivity index (χ3v) is 9.30. The molecule has 0 spiro atoms. The minimum atomic E-state index is -1.11. The van der Waals surface area contributed by atoms with Gasteiger partial charge in [-0.1, -0.05) is 24.6 Å². The van der Waals surface area contributed by atoms with E-state index in [1.54, 1.807) is 13.2 Å². The van der Waals surface area contributed by atoms with Gasteiger partial charge in [-0.3, -0.25) is 4.90 Å². The summed E-state index contributed by atoms with van der Waals surface area (Å²) in [5.74, 6) is 0.0393. The standard InChI is InChI=1S/C29H37ClFN5O5/c1-17-14-22(38)26-24(17)28(33-16-32-26)35-11-9-34(10-12-35)27-23(41-2)7-6-21(36(29(39)40)8-3-13-37)25(27)18-4-5-19(30)20(31)15-18/h4-5,13,15-17,21-23,25,27,38H,3,6-12,14H2,1-2H3,(H,39,40)/t17-,21-,22-,23+,25?,27-/m1/s1. The van der Waals surface area contributed by atoms with E-state index in [-0.39, 0.29) is 36.1 Å². The van der Waals surface area contributed by atoms with Crippen LogP contribution >= 0.6 is 11.6 Å². The molecule has 0 bridgehead atoms. The lowest BCUT2D eigenvalue weighted by atomic mass is 9.73. The van der Waals surface area contributed by atoms with Gasteiger partial charge in [-0.2, -0.15) is 0 Å². The summed E-state index contributed by atoms with van der Waals surface area (Å²) >= 11 is 6.03. The third kappa shape index (κ3) is 5.77. The quantitative estimate of drug-likeness (QED) is 0.443. The molecule has 1 saturated carbocycles. The molecule has 6 atom stereocenters. The number of ether oxygens (including phenoxy) is 1. The average molecular weight is 590 g/mol. The third-order valence-electron chi connectivity index (χ3n) is 8.99. The zero-order valence-corrected chi connectivity index (χ0v) is 24.1. The van der Waals surface area contributed by atoms with Gasteiger partial charge in [0.25, 0.3) is 0 Å². The van der Waals surface area contributed by atoms with Crippen molar-refractivity contribution in [2.45, 2.75) is 68.7 Å². The predicted molar refractivity (Wildman–Crippen MR) is 151 cm³/mol. The lowest BCUT2D eigenvalue weighted by Crippen LogP contribution is -2.62. The Balaban J connectivity index is 1.46. The Kier molecular flexibility index (Phi) is 9.08. The van der Waals surface area contributed by atoms with Gasteiger partial charge in [0, 0.05) is 69.8 Å². The number of fused-ring (bicyclic) bond motifs is 1. The Morgan fingerprint density at radius 1 is 1.24 bits per heavy atom. The summed E-state index contributed by atoms with van der Waals surface area (Å²) in [5, 5.41) is 20.6. The zero-order chi connectivity index (χ0) is 29.3. The van der Waals surface area contributed by atoms with E-state index in [9.17, 15) is 24.2 Å². The molecule has 10 nitrogen and oxygen atoms in total. The largest absolute Gasteiger partial charge is 0.465 e. The molecule has 0 radical (unpaired) electrons. The van der Waals surface area contributed by atoms with Crippen LogP contribution in [0.1, 0.15) is 67.4 Å². The van der Waals surface area contributed by atoms with Gasteiger partial charge in [-0.15, -0.1) is 0 Å². The van der Waals surface area contributed by atoms with Crippen LogP contribution < -0.4 is 4.90 Å². The van der Waals surface area contributed by atoms with E-state index >= 15 is 0 Å². The Morgan fingerprint density at radius 3 is 2.66 bits per heavy atom. The van der Waals surface area contributed by atoms with Crippen molar-refractivity contribution in [2.75, 3.05) is 44.7 Å². The molecule has 2 heterocycles. The molecule has 5 rings (SSSR count). The van der Waals surface area contributed by atoms with Crippen LogP contribution in [0.15, 0.2) is 24.5 Å². The summed E-state index contributed by atoms with van der Waals surface area (Å²) in [6.07, 6.45) is 2.18. The number of methoxy groups -OCH3 is 1. The first-order valence-electron chi connectivity index (χ1n) is 14.2. The van der Waals surface area contributed by atoms with Gasteiger partial charge in [0.15, 0.2) is 0 Å². The second-order valence-corrected chi connectivity index (χ2v) is 11.6. The highest BCUT2D eigenvalue weighted by Gasteiger charge is 2.47. The number of benzene rings is 1. The second kappa shape index (κ2) is 12.6. The molecule has 2 aromatic rings. The number of rotatable bonds is 8. The fourth-order valence-electron chi connectivity index (χ4n) is 7.13. The molecule has 2 N–H and O–H groups in total. The number of carbonyl (C=O) groups excluding carboxylic acids is 1. The number of halogens is 2. The summed E-state index contributed by atoms with van der Waals surface area (Å²) in [6, 6.07) is 3.96. The molecule has 1 saturated heterocycles. The van der Waals surface area contributed by atoms with Gasteiger partial charge in [0.2, 0.25) is 0 Å². The van der Waals surface area contributed by atoms with Crippen molar-refractivity contribution in [3.8, 4) is 0 Å². The molecule has 1 aliphatic heterocycles. The summed E-state index contributed by atoms with van der Waals surface area (Å²) in [5.41, 5.74) is 2.36. The summed E-state index contributed by atoms with van der Waals surface area (Å²) in [4.78, 5) is 38.4. The lowest BCUT2D eigenvalue weighted by molar-refractivity contribution is -0.108. The maximum absolute atomic E-state index is 14.8. The molecule has 41 heavy (non-hydrogen) atoms. The maximum Gasteiger partial charge on any atom is 0.407 e. The number of aliphatic hydroxyl groups excluding tert-OH is 1. The Labute approximate surface area is 244 Å². The maximum atomic E-state index is 14.8.